The third-order valence-corrected chi connectivity index (χ3v) is 3.96. The number of hydrogen-bond acceptors (Lipinski definition) is 5. The van der Waals surface area contributed by atoms with Crippen molar-refractivity contribution in [3.8, 4) is 5.75 Å². The Kier molecular flexibility index (Phi) is 4.19. The third-order valence-electron chi connectivity index (χ3n) is 2.61. The van der Waals surface area contributed by atoms with Crippen molar-refractivity contribution in [2.45, 2.75) is 11.5 Å². The first-order chi connectivity index (χ1) is 9.77. The fourth-order valence-electron chi connectivity index (χ4n) is 1.65. The zero-order chi connectivity index (χ0) is 15.6. The zero-order valence-electron chi connectivity index (χ0n) is 10.9. The number of halogens is 1. The van der Waals surface area contributed by atoms with Crippen LogP contribution in [0.3, 0.4) is 0 Å². The van der Waals surface area contributed by atoms with Crippen molar-refractivity contribution in [1.29, 1.82) is 0 Å². The molecular weight excluding hydrogens is 320 g/mol. The van der Waals surface area contributed by atoms with Crippen LogP contribution in [-0.2, 0) is 22.7 Å². The van der Waals surface area contributed by atoms with Gasteiger partial charge in [-0.1, -0.05) is 0 Å². The molecule has 21 heavy (non-hydrogen) atoms. The van der Waals surface area contributed by atoms with Crippen LogP contribution in [0.15, 0.2) is 35.4 Å². The highest BCUT2D eigenvalue weighted by atomic mass is 35.7. The van der Waals surface area contributed by atoms with E-state index < -0.39 is 15.0 Å². The molecule has 0 amide bonds. The highest BCUT2D eigenvalue weighted by molar-refractivity contribution is 8.13. The van der Waals surface area contributed by atoms with Crippen LogP contribution < -0.4 is 4.74 Å². The van der Waals surface area contributed by atoms with Gasteiger partial charge in [-0.3, -0.25) is 4.68 Å². The average molecular weight is 331 g/mol. The molecule has 1 aromatic carbocycles. The Labute approximate surface area is 125 Å². The lowest BCUT2D eigenvalue weighted by Crippen LogP contribution is -2.05. The van der Waals surface area contributed by atoms with E-state index in [1.807, 2.05) is 0 Å². The van der Waals surface area contributed by atoms with Crippen molar-refractivity contribution in [2.75, 3.05) is 0 Å². The summed E-state index contributed by atoms with van der Waals surface area (Å²) in [5, 5.41) is 13.2. The molecule has 0 unspecified atom stereocenters. The van der Waals surface area contributed by atoms with Gasteiger partial charge in [0.05, 0.1) is 10.6 Å². The summed E-state index contributed by atoms with van der Waals surface area (Å²) in [5.41, 5.74) is 0.329. The van der Waals surface area contributed by atoms with E-state index in [9.17, 15) is 13.2 Å². The maximum atomic E-state index is 11.2. The molecule has 2 rings (SSSR count). The second-order valence-corrected chi connectivity index (χ2v) is 6.74. The topological polar surface area (TPSA) is 98.5 Å². The van der Waals surface area contributed by atoms with Crippen LogP contribution >= 0.6 is 10.7 Å². The van der Waals surface area contributed by atoms with Crippen molar-refractivity contribution in [1.82, 2.24) is 9.78 Å². The van der Waals surface area contributed by atoms with Crippen molar-refractivity contribution in [3.05, 3.63) is 41.7 Å². The smallest absolute Gasteiger partial charge is 0.339 e. The minimum atomic E-state index is -4.00. The van der Waals surface area contributed by atoms with Gasteiger partial charge in [-0.05, 0) is 24.3 Å². The molecule has 1 N–H and O–H groups in total. The van der Waals surface area contributed by atoms with E-state index in [1.54, 1.807) is 24.0 Å². The number of benzene rings is 1. The van der Waals surface area contributed by atoms with E-state index >= 15 is 0 Å². The van der Waals surface area contributed by atoms with Crippen LogP contribution in [0.25, 0.3) is 0 Å². The second kappa shape index (κ2) is 5.74. The molecule has 0 aliphatic heterocycles. The number of carboxylic acid groups (broad SMARTS) is 1. The molecule has 0 aliphatic carbocycles. The summed E-state index contributed by atoms with van der Waals surface area (Å²) < 4.78 is 29.4. The summed E-state index contributed by atoms with van der Waals surface area (Å²) in [6, 6.07) is 5.11. The van der Waals surface area contributed by atoms with Crippen molar-refractivity contribution in [2.24, 2.45) is 7.05 Å². The number of hydrogen-bond donors (Lipinski definition) is 1. The molecule has 0 bridgehead atoms. The van der Waals surface area contributed by atoms with Gasteiger partial charge in [-0.15, -0.1) is 0 Å². The normalized spacial score (nSPS) is 11.3. The lowest BCUT2D eigenvalue weighted by molar-refractivity contribution is 0.0691. The molecule has 2 aromatic rings. The Hall–Kier alpha value is -2.06. The van der Waals surface area contributed by atoms with Gasteiger partial charge >= 0.3 is 5.97 Å². The summed E-state index contributed by atoms with van der Waals surface area (Å²) >= 11 is 0. The highest BCUT2D eigenvalue weighted by Gasteiger charge is 2.18. The fourth-order valence-corrected chi connectivity index (χ4v) is 2.42. The van der Waals surface area contributed by atoms with Crippen molar-refractivity contribution >= 4 is 25.7 Å². The molecule has 0 fully saturated rings. The van der Waals surface area contributed by atoms with E-state index in [2.05, 4.69) is 5.10 Å². The van der Waals surface area contributed by atoms with Gasteiger partial charge in [-0.25, -0.2) is 13.2 Å². The van der Waals surface area contributed by atoms with Gasteiger partial charge in [-0.2, -0.15) is 5.10 Å². The number of aromatic nitrogens is 2. The maximum absolute atomic E-state index is 11.2. The monoisotopic (exact) mass is 330 g/mol. The number of aromatic carboxylic acids is 1. The van der Waals surface area contributed by atoms with E-state index in [0.29, 0.717) is 5.69 Å². The molecule has 1 heterocycles. The molecule has 7 nitrogen and oxygen atoms in total. The molecule has 0 spiro atoms. The minimum absolute atomic E-state index is 0.0391. The van der Waals surface area contributed by atoms with Crippen LogP contribution in [0.1, 0.15) is 16.1 Å². The predicted octanol–water partition coefficient (Wildman–Crippen LogP) is 1.62. The van der Waals surface area contributed by atoms with Crippen LogP contribution in [0.5, 0.6) is 5.75 Å². The molecule has 0 aliphatic rings. The molecule has 0 saturated heterocycles. The first-order valence-corrected chi connectivity index (χ1v) is 8.01. The largest absolute Gasteiger partial charge is 0.486 e. The van der Waals surface area contributed by atoms with E-state index in [1.165, 1.54) is 12.1 Å². The van der Waals surface area contributed by atoms with Gasteiger partial charge in [0.2, 0.25) is 0 Å². The van der Waals surface area contributed by atoms with E-state index in [0.717, 1.165) is 6.07 Å². The molecular formula is C12H11ClN2O5S. The van der Waals surface area contributed by atoms with E-state index in [-0.39, 0.29) is 22.8 Å². The Bertz CT molecular complexity index is 785. The summed E-state index contributed by atoms with van der Waals surface area (Å²) in [4.78, 5) is 10.9. The number of nitrogens with zero attached hydrogens (tertiary/aromatic N) is 2. The van der Waals surface area contributed by atoms with Gasteiger partial charge in [0.1, 0.15) is 17.9 Å². The van der Waals surface area contributed by atoms with E-state index in [4.69, 9.17) is 20.5 Å². The number of carbonyl (C=O) groups is 1. The molecule has 0 radical (unpaired) electrons. The van der Waals surface area contributed by atoms with Crippen molar-refractivity contribution in [3.63, 3.8) is 0 Å². The minimum Gasteiger partial charge on any atom is -0.486 e. The number of carboxylic acids is 1. The second-order valence-electron chi connectivity index (χ2n) is 4.17. The quantitative estimate of drug-likeness (QED) is 0.836. The average Bonchev–Trinajstić information content (AvgIpc) is 2.80. The van der Waals surface area contributed by atoms with Gasteiger partial charge in [0.25, 0.3) is 9.05 Å². The molecule has 9 heteroatoms. The SMILES string of the molecule is Cn1ccc(COc2ccc(S(=O)(=O)Cl)cc2C(=O)O)n1. The molecule has 0 atom stereocenters. The number of rotatable bonds is 5. The molecule has 0 saturated carbocycles. The van der Waals surface area contributed by atoms with Gasteiger partial charge in [0, 0.05) is 23.9 Å². The summed E-state index contributed by atoms with van der Waals surface area (Å²) in [6.07, 6.45) is 1.72. The van der Waals surface area contributed by atoms with Gasteiger partial charge in [0.15, 0.2) is 0 Å². The van der Waals surface area contributed by atoms with Gasteiger partial charge < -0.3 is 9.84 Å². The Morgan fingerprint density at radius 1 is 1.43 bits per heavy atom. The first kappa shape index (κ1) is 15.3. The number of ether oxygens (including phenoxy) is 1. The fraction of sp³-hybridized carbons (Fsp3) is 0.167. The lowest BCUT2D eigenvalue weighted by Gasteiger charge is -2.09. The van der Waals surface area contributed by atoms with Crippen LogP contribution in [0, 0.1) is 0 Å². The van der Waals surface area contributed by atoms with Crippen LogP contribution in [0.4, 0.5) is 0 Å². The van der Waals surface area contributed by atoms with Crippen LogP contribution in [-0.4, -0.2) is 29.3 Å². The third kappa shape index (κ3) is 3.73. The predicted molar refractivity (Wildman–Crippen MR) is 74.0 cm³/mol. The standard InChI is InChI=1S/C12H11ClN2O5S/c1-15-5-4-8(14-15)7-20-11-3-2-9(21(13,18)19)6-10(11)12(16)17/h2-6H,7H2,1H3,(H,16,17). The first-order valence-electron chi connectivity index (χ1n) is 5.70. The Morgan fingerprint density at radius 3 is 2.67 bits per heavy atom. The highest BCUT2D eigenvalue weighted by Crippen LogP contribution is 2.25. The molecule has 112 valence electrons. The summed E-state index contributed by atoms with van der Waals surface area (Å²) in [6.45, 7) is 0.0636. The number of aryl methyl sites for hydroxylation is 1. The Morgan fingerprint density at radius 2 is 2.14 bits per heavy atom. The Balaban J connectivity index is 2.28. The molecule has 1 aromatic heterocycles. The zero-order valence-corrected chi connectivity index (χ0v) is 12.4. The van der Waals surface area contributed by atoms with Crippen LogP contribution in [0.2, 0.25) is 0 Å². The van der Waals surface area contributed by atoms with Crippen molar-refractivity contribution < 1.29 is 23.1 Å². The lowest BCUT2D eigenvalue weighted by atomic mass is 10.2. The summed E-state index contributed by atoms with van der Waals surface area (Å²) in [7, 11) is 2.93. The maximum Gasteiger partial charge on any atom is 0.339 e. The summed E-state index contributed by atoms with van der Waals surface area (Å²) in [5.74, 6) is -1.27.